The molecule has 2 fully saturated rings. The van der Waals surface area contributed by atoms with Gasteiger partial charge in [-0.05, 0) is 19.3 Å². The molecule has 0 radical (unpaired) electrons. The third kappa shape index (κ3) is 7.73. The zero-order valence-electron chi connectivity index (χ0n) is 17.4. The summed E-state index contributed by atoms with van der Waals surface area (Å²) in [7, 11) is 0. The van der Waals surface area contributed by atoms with Crippen molar-refractivity contribution in [3.63, 3.8) is 0 Å². The molecule has 1 amide bonds. The molecule has 2 atom stereocenters. The smallest absolute Gasteiger partial charge is 0.222 e. The monoisotopic (exact) mass is 495 g/mol. The van der Waals surface area contributed by atoms with E-state index in [0.717, 1.165) is 64.9 Å². The van der Waals surface area contributed by atoms with Crippen molar-refractivity contribution in [1.29, 1.82) is 0 Å². The highest BCUT2D eigenvalue weighted by molar-refractivity contribution is 14.0. The van der Waals surface area contributed by atoms with E-state index in [1.165, 1.54) is 0 Å². The molecule has 2 N–H and O–H groups in total. The summed E-state index contributed by atoms with van der Waals surface area (Å²) in [6, 6.07) is 0.709. The number of hydrogen-bond acceptors (Lipinski definition) is 4. The Bertz CT molecular complexity index is 469. The average Bonchev–Trinajstić information content (AvgIpc) is 3.10. The van der Waals surface area contributed by atoms with Gasteiger partial charge in [0.1, 0.15) is 0 Å². The highest BCUT2D eigenvalue weighted by Crippen LogP contribution is 2.14. The molecule has 27 heavy (non-hydrogen) atoms. The van der Waals surface area contributed by atoms with Crippen LogP contribution in [0.4, 0.5) is 0 Å². The van der Waals surface area contributed by atoms with Crippen LogP contribution < -0.4 is 10.6 Å². The molecule has 0 aromatic carbocycles. The standard InChI is InChI=1S/C19H37N5O2.HI/c1-5-18(25)24-8-7-16(14-24)22-19(20-6-2)21-13-17(15(3)4)23-9-11-26-12-10-23;/h15-17H,5-14H2,1-4H3,(H2,20,21,22);1H. The molecule has 0 saturated carbocycles. The number of carbonyl (C=O) groups excluding carboxylic acids is 1. The summed E-state index contributed by atoms with van der Waals surface area (Å²) < 4.78 is 5.49. The maximum absolute atomic E-state index is 11.9. The van der Waals surface area contributed by atoms with Crippen LogP contribution in [-0.4, -0.2) is 86.2 Å². The van der Waals surface area contributed by atoms with Crippen molar-refractivity contribution in [3.05, 3.63) is 0 Å². The molecule has 0 bridgehead atoms. The van der Waals surface area contributed by atoms with Crippen molar-refractivity contribution in [3.8, 4) is 0 Å². The van der Waals surface area contributed by atoms with E-state index in [1.54, 1.807) is 0 Å². The van der Waals surface area contributed by atoms with E-state index in [9.17, 15) is 4.79 Å². The second-order valence-corrected chi connectivity index (χ2v) is 7.50. The van der Waals surface area contributed by atoms with Gasteiger partial charge in [0.2, 0.25) is 5.91 Å². The Hall–Kier alpha value is -0.610. The molecule has 0 spiro atoms. The predicted molar refractivity (Wildman–Crippen MR) is 121 cm³/mol. The van der Waals surface area contributed by atoms with Gasteiger partial charge in [0.15, 0.2) is 5.96 Å². The van der Waals surface area contributed by atoms with E-state index in [4.69, 9.17) is 9.73 Å². The fourth-order valence-electron chi connectivity index (χ4n) is 3.68. The van der Waals surface area contributed by atoms with Crippen LogP contribution in [-0.2, 0) is 9.53 Å². The predicted octanol–water partition coefficient (Wildman–Crippen LogP) is 1.53. The largest absolute Gasteiger partial charge is 0.379 e. The van der Waals surface area contributed by atoms with Gasteiger partial charge < -0.3 is 20.3 Å². The number of guanidine groups is 1. The van der Waals surface area contributed by atoms with Gasteiger partial charge in [0.25, 0.3) is 0 Å². The lowest BCUT2D eigenvalue weighted by Gasteiger charge is -2.36. The van der Waals surface area contributed by atoms with Gasteiger partial charge in [0, 0.05) is 51.2 Å². The van der Waals surface area contributed by atoms with Crippen molar-refractivity contribution in [2.24, 2.45) is 10.9 Å². The molecule has 7 nitrogen and oxygen atoms in total. The zero-order chi connectivity index (χ0) is 18.9. The van der Waals surface area contributed by atoms with E-state index in [1.807, 2.05) is 11.8 Å². The molecule has 8 heteroatoms. The molecule has 158 valence electrons. The van der Waals surface area contributed by atoms with Gasteiger partial charge in [-0.15, -0.1) is 24.0 Å². The highest BCUT2D eigenvalue weighted by Gasteiger charge is 2.27. The summed E-state index contributed by atoms with van der Waals surface area (Å²) in [6.45, 7) is 15.4. The quantitative estimate of drug-likeness (QED) is 0.319. The minimum atomic E-state index is 0. The SMILES string of the molecule is CCNC(=NCC(C(C)C)N1CCOCC1)NC1CCN(C(=O)CC)C1.I. The van der Waals surface area contributed by atoms with Crippen molar-refractivity contribution in [2.45, 2.75) is 52.6 Å². The number of nitrogens with one attached hydrogen (secondary N) is 2. The maximum Gasteiger partial charge on any atom is 0.222 e. The minimum absolute atomic E-state index is 0. The fraction of sp³-hybridized carbons (Fsp3) is 0.895. The van der Waals surface area contributed by atoms with Crippen molar-refractivity contribution < 1.29 is 9.53 Å². The first-order valence-corrected chi connectivity index (χ1v) is 10.2. The topological polar surface area (TPSA) is 69.2 Å². The minimum Gasteiger partial charge on any atom is -0.379 e. The first kappa shape index (κ1) is 24.4. The maximum atomic E-state index is 11.9. The van der Waals surface area contributed by atoms with Crippen LogP contribution in [0, 0.1) is 5.92 Å². The zero-order valence-corrected chi connectivity index (χ0v) is 19.7. The summed E-state index contributed by atoms with van der Waals surface area (Å²) in [4.78, 5) is 21.2. The molecule has 2 saturated heterocycles. The summed E-state index contributed by atoms with van der Waals surface area (Å²) in [5.74, 6) is 1.65. The first-order chi connectivity index (χ1) is 12.5. The van der Waals surface area contributed by atoms with Crippen LogP contribution in [0.5, 0.6) is 0 Å². The Labute approximate surface area is 181 Å². The van der Waals surface area contributed by atoms with Crippen molar-refractivity contribution >= 4 is 35.8 Å². The van der Waals surface area contributed by atoms with Gasteiger partial charge in [-0.2, -0.15) is 0 Å². The Morgan fingerprint density at radius 3 is 2.52 bits per heavy atom. The lowest BCUT2D eigenvalue weighted by molar-refractivity contribution is -0.129. The van der Waals surface area contributed by atoms with Crippen molar-refractivity contribution in [1.82, 2.24) is 20.4 Å². The second kappa shape index (κ2) is 12.8. The molecular weight excluding hydrogens is 457 g/mol. The Kier molecular flexibility index (Phi) is 11.6. The number of nitrogens with zero attached hydrogens (tertiary/aromatic N) is 3. The molecule has 0 aliphatic carbocycles. The molecule has 2 heterocycles. The van der Waals surface area contributed by atoms with Crippen molar-refractivity contribution in [2.75, 3.05) is 52.5 Å². The van der Waals surface area contributed by atoms with E-state index in [0.29, 0.717) is 18.4 Å². The van der Waals surface area contributed by atoms with Gasteiger partial charge in [0.05, 0.1) is 19.8 Å². The highest BCUT2D eigenvalue weighted by atomic mass is 127. The van der Waals surface area contributed by atoms with Gasteiger partial charge in [-0.25, -0.2) is 0 Å². The number of amides is 1. The van der Waals surface area contributed by atoms with Gasteiger partial charge >= 0.3 is 0 Å². The molecule has 2 aliphatic rings. The van der Waals surface area contributed by atoms with E-state index in [-0.39, 0.29) is 35.9 Å². The average molecular weight is 495 g/mol. The number of ether oxygens (including phenoxy) is 1. The van der Waals surface area contributed by atoms with Crippen LogP contribution >= 0.6 is 24.0 Å². The number of rotatable bonds is 7. The molecule has 0 aromatic rings. The van der Waals surface area contributed by atoms with Crippen LogP contribution in [0.3, 0.4) is 0 Å². The number of carbonyl (C=O) groups is 1. The van der Waals surface area contributed by atoms with E-state index >= 15 is 0 Å². The number of likely N-dealkylation sites (tertiary alicyclic amines) is 1. The third-order valence-electron chi connectivity index (χ3n) is 5.25. The van der Waals surface area contributed by atoms with Crippen LogP contribution in [0.1, 0.15) is 40.5 Å². The molecule has 2 unspecified atom stereocenters. The second-order valence-electron chi connectivity index (χ2n) is 7.50. The van der Waals surface area contributed by atoms with Crippen LogP contribution in [0.15, 0.2) is 4.99 Å². The number of hydrogen-bond donors (Lipinski definition) is 2. The van der Waals surface area contributed by atoms with E-state index in [2.05, 4.69) is 36.3 Å². The molecular formula is C19H38IN5O2. The summed E-state index contributed by atoms with van der Waals surface area (Å²) in [5.41, 5.74) is 0. The number of halogens is 1. The Balaban J connectivity index is 0.00000364. The lowest BCUT2D eigenvalue weighted by atomic mass is 10.0. The van der Waals surface area contributed by atoms with E-state index < -0.39 is 0 Å². The first-order valence-electron chi connectivity index (χ1n) is 10.2. The summed E-state index contributed by atoms with van der Waals surface area (Å²) >= 11 is 0. The lowest BCUT2D eigenvalue weighted by Crippen LogP contribution is -2.49. The third-order valence-corrected chi connectivity index (χ3v) is 5.25. The summed E-state index contributed by atoms with van der Waals surface area (Å²) in [5, 5.41) is 6.88. The fourth-order valence-corrected chi connectivity index (χ4v) is 3.68. The molecule has 2 aliphatic heterocycles. The van der Waals surface area contributed by atoms with Crippen LogP contribution in [0.25, 0.3) is 0 Å². The van der Waals surface area contributed by atoms with Gasteiger partial charge in [-0.3, -0.25) is 14.7 Å². The van der Waals surface area contributed by atoms with Gasteiger partial charge in [-0.1, -0.05) is 20.8 Å². The number of aliphatic imine (C=N–C) groups is 1. The summed E-state index contributed by atoms with van der Waals surface area (Å²) in [6.07, 6.45) is 1.56. The van der Waals surface area contributed by atoms with Crippen LogP contribution in [0.2, 0.25) is 0 Å². The number of morpholine rings is 1. The normalized spacial score (nSPS) is 22.5. The Morgan fingerprint density at radius 2 is 1.93 bits per heavy atom. The molecule has 2 rings (SSSR count). The Morgan fingerprint density at radius 1 is 1.22 bits per heavy atom. The molecule has 0 aromatic heterocycles.